The molecule has 5 nitrogen and oxygen atoms in total. The molecule has 0 bridgehead atoms. The molecule has 1 N–H and O–H groups in total. The molecule has 0 amide bonds. The van der Waals surface area contributed by atoms with E-state index in [9.17, 15) is 4.79 Å². The lowest BCUT2D eigenvalue weighted by atomic mass is 10.0. The van der Waals surface area contributed by atoms with Crippen LogP contribution >= 0.6 is 23.4 Å². The number of benzene rings is 2. The second kappa shape index (κ2) is 10.7. The number of aliphatic carboxylic acids is 1. The first-order valence-electron chi connectivity index (χ1n) is 10.3. The molecule has 0 saturated carbocycles. The van der Waals surface area contributed by atoms with Gasteiger partial charge in [-0.25, -0.2) is 0 Å². The van der Waals surface area contributed by atoms with Crippen molar-refractivity contribution in [3.05, 3.63) is 64.0 Å². The highest BCUT2D eigenvalue weighted by atomic mass is 35.5. The van der Waals surface area contributed by atoms with Crippen LogP contribution in [0.25, 0.3) is 11.0 Å². The van der Waals surface area contributed by atoms with Crippen molar-refractivity contribution in [2.75, 3.05) is 5.75 Å². The third kappa shape index (κ3) is 5.83. The number of rotatable bonds is 10. The van der Waals surface area contributed by atoms with Crippen LogP contribution in [0.4, 0.5) is 0 Å². The molecule has 0 saturated heterocycles. The molecular formula is C24H26ClNO4S. The molecule has 0 spiro atoms. The fourth-order valence-corrected chi connectivity index (χ4v) is 4.56. The number of carboxylic acid groups (broad SMARTS) is 1. The minimum Gasteiger partial charge on any atom is -0.481 e. The topological polar surface area (TPSA) is 72.6 Å². The highest BCUT2D eigenvalue weighted by molar-refractivity contribution is 7.99. The number of fused-ring (bicyclic) bond motifs is 1. The number of aryl methyl sites for hydroxylation is 2. The van der Waals surface area contributed by atoms with E-state index < -0.39 is 5.97 Å². The van der Waals surface area contributed by atoms with Crippen LogP contribution in [0.1, 0.15) is 44.0 Å². The molecule has 3 rings (SSSR count). The lowest BCUT2D eigenvalue weighted by Gasteiger charge is -2.11. The maximum Gasteiger partial charge on any atom is 0.307 e. The van der Waals surface area contributed by atoms with Gasteiger partial charge >= 0.3 is 5.97 Å². The Kier molecular flexibility index (Phi) is 8.04. The summed E-state index contributed by atoms with van der Waals surface area (Å²) in [6.07, 6.45) is 4.63. The SMILES string of the molecule is CCCc1c(OC(C)=CCSc2ccc(CC(=O)O)cc2Cl)ccc2c(CC)noc12. The van der Waals surface area contributed by atoms with E-state index in [1.165, 1.54) is 0 Å². The molecule has 3 aromatic rings. The Hall–Kier alpha value is -2.44. The van der Waals surface area contributed by atoms with Crippen molar-refractivity contribution in [2.24, 2.45) is 0 Å². The fourth-order valence-electron chi connectivity index (χ4n) is 3.34. The monoisotopic (exact) mass is 459 g/mol. The van der Waals surface area contributed by atoms with Crippen LogP contribution in [-0.2, 0) is 24.1 Å². The van der Waals surface area contributed by atoms with Gasteiger partial charge in [0.05, 0.1) is 22.9 Å². The van der Waals surface area contributed by atoms with Crippen LogP contribution in [0.5, 0.6) is 5.75 Å². The third-order valence-electron chi connectivity index (χ3n) is 4.84. The molecule has 0 aliphatic carbocycles. The number of ether oxygens (including phenoxy) is 1. The number of hydrogen-bond donors (Lipinski definition) is 1. The average molecular weight is 460 g/mol. The second-order valence-electron chi connectivity index (χ2n) is 7.21. The number of allylic oxidation sites excluding steroid dienone is 1. The van der Waals surface area contributed by atoms with E-state index in [1.54, 1.807) is 23.9 Å². The van der Waals surface area contributed by atoms with Crippen molar-refractivity contribution in [3.8, 4) is 5.75 Å². The van der Waals surface area contributed by atoms with Gasteiger partial charge in [0.2, 0.25) is 0 Å². The standard InChI is InChI=1S/C24H26ClNO4S/c1-4-6-18-21(9-8-17-20(5-2)26-30-24(17)18)29-15(3)11-12-31-22-10-7-16(13-19(22)25)14-23(27)28/h7-11,13H,4-6,12,14H2,1-3H3,(H,27,28). The molecule has 31 heavy (non-hydrogen) atoms. The zero-order valence-corrected chi connectivity index (χ0v) is 19.5. The largest absolute Gasteiger partial charge is 0.481 e. The van der Waals surface area contributed by atoms with E-state index in [0.717, 1.165) is 57.9 Å². The van der Waals surface area contributed by atoms with Gasteiger partial charge in [0.15, 0.2) is 5.58 Å². The molecule has 164 valence electrons. The minimum absolute atomic E-state index is 0.0348. The Morgan fingerprint density at radius 3 is 2.77 bits per heavy atom. The third-order valence-corrected chi connectivity index (χ3v) is 6.27. The minimum atomic E-state index is -0.871. The zero-order chi connectivity index (χ0) is 22.4. The molecule has 1 heterocycles. The highest BCUT2D eigenvalue weighted by Gasteiger charge is 2.16. The summed E-state index contributed by atoms with van der Waals surface area (Å²) in [7, 11) is 0. The summed E-state index contributed by atoms with van der Waals surface area (Å²) in [5, 5.41) is 14.7. The molecule has 0 atom stereocenters. The van der Waals surface area contributed by atoms with Gasteiger partial charge in [-0.2, -0.15) is 0 Å². The van der Waals surface area contributed by atoms with Crippen LogP contribution in [0.2, 0.25) is 5.02 Å². The normalized spacial score (nSPS) is 11.8. The summed E-state index contributed by atoms with van der Waals surface area (Å²) in [5.74, 6) is 1.39. The average Bonchev–Trinajstić information content (AvgIpc) is 3.14. The van der Waals surface area contributed by atoms with Gasteiger partial charge in [-0.15, -0.1) is 11.8 Å². The molecule has 0 fully saturated rings. The Morgan fingerprint density at radius 1 is 1.29 bits per heavy atom. The van der Waals surface area contributed by atoms with E-state index in [4.69, 9.17) is 26.0 Å². The molecule has 0 radical (unpaired) electrons. The first kappa shape index (κ1) is 23.2. The van der Waals surface area contributed by atoms with E-state index in [2.05, 4.69) is 19.0 Å². The number of aromatic nitrogens is 1. The first-order chi connectivity index (χ1) is 14.9. The predicted octanol–water partition coefficient (Wildman–Crippen LogP) is 6.70. The van der Waals surface area contributed by atoms with Crippen LogP contribution < -0.4 is 4.74 Å². The van der Waals surface area contributed by atoms with Gasteiger partial charge in [0.1, 0.15) is 5.75 Å². The summed E-state index contributed by atoms with van der Waals surface area (Å²) in [5.41, 5.74) is 3.51. The van der Waals surface area contributed by atoms with Crippen LogP contribution in [0, 0.1) is 0 Å². The Bertz CT molecular complexity index is 1110. The van der Waals surface area contributed by atoms with Crippen molar-refractivity contribution in [1.29, 1.82) is 0 Å². The van der Waals surface area contributed by atoms with Gasteiger partial charge < -0.3 is 14.4 Å². The number of carboxylic acids is 1. The lowest BCUT2D eigenvalue weighted by molar-refractivity contribution is -0.136. The number of thioether (sulfide) groups is 1. The Morgan fingerprint density at radius 2 is 2.10 bits per heavy atom. The molecule has 2 aromatic carbocycles. The Balaban J connectivity index is 1.70. The number of hydrogen-bond acceptors (Lipinski definition) is 5. The van der Waals surface area contributed by atoms with E-state index in [-0.39, 0.29) is 6.42 Å². The van der Waals surface area contributed by atoms with Gasteiger partial charge in [0, 0.05) is 21.6 Å². The van der Waals surface area contributed by atoms with Crippen molar-refractivity contribution in [3.63, 3.8) is 0 Å². The smallest absolute Gasteiger partial charge is 0.307 e. The fraction of sp³-hybridized carbons (Fsp3) is 0.333. The van der Waals surface area contributed by atoms with E-state index in [0.29, 0.717) is 16.3 Å². The van der Waals surface area contributed by atoms with Gasteiger partial charge in [-0.05, 0) is 55.7 Å². The number of nitrogens with zero attached hydrogens (tertiary/aromatic N) is 1. The van der Waals surface area contributed by atoms with Gasteiger partial charge in [-0.1, -0.05) is 43.1 Å². The second-order valence-corrected chi connectivity index (χ2v) is 8.68. The van der Waals surface area contributed by atoms with Crippen molar-refractivity contribution < 1.29 is 19.2 Å². The van der Waals surface area contributed by atoms with Gasteiger partial charge in [-0.3, -0.25) is 4.79 Å². The quantitative estimate of drug-likeness (QED) is 0.268. The van der Waals surface area contributed by atoms with Gasteiger partial charge in [0.25, 0.3) is 0 Å². The lowest BCUT2D eigenvalue weighted by Crippen LogP contribution is -1.99. The first-order valence-corrected chi connectivity index (χ1v) is 11.7. The van der Waals surface area contributed by atoms with Crippen molar-refractivity contribution in [2.45, 2.75) is 51.3 Å². The molecule has 0 aliphatic rings. The maximum atomic E-state index is 10.8. The highest BCUT2D eigenvalue weighted by Crippen LogP contribution is 2.33. The molecular weight excluding hydrogens is 434 g/mol. The summed E-state index contributed by atoms with van der Waals surface area (Å²) in [4.78, 5) is 11.7. The number of carbonyl (C=O) groups is 1. The maximum absolute atomic E-state index is 10.8. The summed E-state index contributed by atoms with van der Waals surface area (Å²) < 4.78 is 11.8. The summed E-state index contributed by atoms with van der Waals surface area (Å²) in [6.45, 7) is 6.12. The van der Waals surface area contributed by atoms with Crippen LogP contribution in [0.3, 0.4) is 0 Å². The molecule has 0 unspecified atom stereocenters. The van der Waals surface area contributed by atoms with E-state index in [1.807, 2.05) is 31.2 Å². The number of halogens is 1. The van der Waals surface area contributed by atoms with Crippen LogP contribution in [0.15, 0.2) is 51.6 Å². The predicted molar refractivity (Wildman–Crippen MR) is 125 cm³/mol. The molecule has 0 aliphatic heterocycles. The van der Waals surface area contributed by atoms with E-state index >= 15 is 0 Å². The molecule has 7 heteroatoms. The summed E-state index contributed by atoms with van der Waals surface area (Å²) in [6, 6.07) is 9.37. The van der Waals surface area contributed by atoms with Crippen LogP contribution in [-0.4, -0.2) is 22.0 Å². The molecule has 1 aromatic heterocycles. The zero-order valence-electron chi connectivity index (χ0n) is 17.9. The summed E-state index contributed by atoms with van der Waals surface area (Å²) >= 11 is 7.87. The van der Waals surface area contributed by atoms with Crippen molar-refractivity contribution >= 4 is 40.3 Å². The Labute approximate surface area is 191 Å². The van der Waals surface area contributed by atoms with Crippen molar-refractivity contribution in [1.82, 2.24) is 5.16 Å².